The van der Waals surface area contributed by atoms with Gasteiger partial charge in [0.2, 0.25) is 0 Å². The lowest BCUT2D eigenvalue weighted by molar-refractivity contribution is -0.386. The maximum atomic E-state index is 13.1. The lowest BCUT2D eigenvalue weighted by atomic mass is 10.1. The number of carbonyl (C=O) groups excluding carboxylic acids is 1. The Labute approximate surface area is 133 Å². The first-order valence-electron chi connectivity index (χ1n) is 6.63. The maximum Gasteiger partial charge on any atom is 0.438 e. The molecule has 24 heavy (non-hydrogen) atoms. The van der Waals surface area contributed by atoms with Crippen molar-refractivity contribution in [3.63, 3.8) is 0 Å². The molecule has 1 aromatic heterocycles. The van der Waals surface area contributed by atoms with Crippen LogP contribution in [0.1, 0.15) is 17.8 Å². The van der Waals surface area contributed by atoms with Crippen LogP contribution >= 0.6 is 0 Å². The standard InChI is InChI=1S/C12H14F3N5O4/c1-6-4-11(22,12(13,14)15)19(16-6)9(21)5-18-8(3)10(20(23)24)7(2)17-18/h16,22H,1,4-5H2,2-3H3. The van der Waals surface area contributed by atoms with Crippen LogP contribution in [-0.4, -0.2) is 42.6 Å². The molecule has 1 aliphatic heterocycles. The molecule has 0 aromatic carbocycles. The first-order valence-corrected chi connectivity index (χ1v) is 6.63. The molecule has 0 radical (unpaired) electrons. The highest BCUT2D eigenvalue weighted by atomic mass is 19.4. The number of nitrogens with one attached hydrogen (secondary N) is 1. The van der Waals surface area contributed by atoms with Gasteiger partial charge in [0.05, 0.1) is 4.92 Å². The Morgan fingerprint density at radius 2 is 2.12 bits per heavy atom. The van der Waals surface area contributed by atoms with Crippen molar-refractivity contribution in [2.45, 2.75) is 38.7 Å². The lowest BCUT2D eigenvalue weighted by Crippen LogP contribution is -2.60. The van der Waals surface area contributed by atoms with Gasteiger partial charge in [0, 0.05) is 12.1 Å². The number of aromatic nitrogens is 2. The minimum Gasteiger partial charge on any atom is -0.362 e. The molecule has 0 saturated carbocycles. The molecule has 0 spiro atoms. The van der Waals surface area contributed by atoms with E-state index in [0.29, 0.717) is 0 Å². The summed E-state index contributed by atoms with van der Waals surface area (Å²) < 4.78 is 40.2. The molecule has 2 N–H and O–H groups in total. The molecule has 1 atom stereocenters. The molecule has 132 valence electrons. The molecule has 2 rings (SSSR count). The molecule has 1 aliphatic rings. The fourth-order valence-corrected chi connectivity index (χ4v) is 2.47. The highest BCUT2D eigenvalue weighted by molar-refractivity contribution is 5.77. The summed E-state index contributed by atoms with van der Waals surface area (Å²) in [6.07, 6.45) is -6.03. The minimum atomic E-state index is -5.11. The summed E-state index contributed by atoms with van der Waals surface area (Å²) in [5.41, 5.74) is -1.84. The Bertz CT molecular complexity index is 729. The van der Waals surface area contributed by atoms with Crippen molar-refractivity contribution in [3.8, 4) is 0 Å². The van der Waals surface area contributed by atoms with Gasteiger partial charge in [-0.3, -0.25) is 25.0 Å². The number of amides is 1. The number of hydrogen-bond acceptors (Lipinski definition) is 6. The maximum absolute atomic E-state index is 13.1. The number of nitrogens with zero attached hydrogens (tertiary/aromatic N) is 4. The van der Waals surface area contributed by atoms with Crippen molar-refractivity contribution in [1.82, 2.24) is 20.2 Å². The van der Waals surface area contributed by atoms with E-state index in [4.69, 9.17) is 0 Å². The summed E-state index contributed by atoms with van der Waals surface area (Å²) in [6, 6.07) is 0. The quantitative estimate of drug-likeness (QED) is 0.619. The average molecular weight is 349 g/mol. The Balaban J connectivity index is 2.32. The fraction of sp³-hybridized carbons (Fsp3) is 0.500. The SMILES string of the molecule is C=C1CC(O)(C(F)(F)F)N(C(=O)Cn2nc(C)c([N+](=O)[O-])c2C)N1. The highest BCUT2D eigenvalue weighted by Crippen LogP contribution is 2.40. The van der Waals surface area contributed by atoms with E-state index >= 15 is 0 Å². The van der Waals surface area contributed by atoms with Crippen LogP contribution in [0.3, 0.4) is 0 Å². The minimum absolute atomic E-state index is 0.0134. The van der Waals surface area contributed by atoms with Crippen molar-refractivity contribution in [3.05, 3.63) is 33.8 Å². The van der Waals surface area contributed by atoms with Crippen molar-refractivity contribution in [2.75, 3.05) is 0 Å². The van der Waals surface area contributed by atoms with Crippen molar-refractivity contribution >= 4 is 11.6 Å². The predicted octanol–water partition coefficient (Wildman–Crippen LogP) is 0.910. The molecule has 2 heterocycles. The molecule has 1 saturated heterocycles. The first-order chi connectivity index (χ1) is 10.9. The van der Waals surface area contributed by atoms with Gasteiger partial charge < -0.3 is 5.11 Å². The molecule has 12 heteroatoms. The second kappa shape index (κ2) is 5.47. The van der Waals surface area contributed by atoms with E-state index < -0.39 is 35.7 Å². The molecule has 0 bridgehead atoms. The van der Waals surface area contributed by atoms with Crippen LogP contribution in [0.15, 0.2) is 12.3 Å². The second-order valence-corrected chi connectivity index (χ2v) is 5.37. The largest absolute Gasteiger partial charge is 0.438 e. The number of hydrazine groups is 1. The van der Waals surface area contributed by atoms with Gasteiger partial charge in [0.15, 0.2) is 0 Å². The first kappa shape index (κ1) is 17.7. The van der Waals surface area contributed by atoms with Gasteiger partial charge in [-0.2, -0.15) is 18.3 Å². The van der Waals surface area contributed by atoms with Gasteiger partial charge in [-0.05, 0) is 13.8 Å². The summed E-state index contributed by atoms with van der Waals surface area (Å²) in [7, 11) is 0. The summed E-state index contributed by atoms with van der Waals surface area (Å²) in [4.78, 5) is 22.4. The molecule has 1 aromatic rings. The summed E-state index contributed by atoms with van der Waals surface area (Å²) in [6.45, 7) is 5.22. The third-order valence-corrected chi connectivity index (χ3v) is 3.61. The number of nitro groups is 1. The van der Waals surface area contributed by atoms with Crippen LogP contribution < -0.4 is 5.43 Å². The third-order valence-electron chi connectivity index (χ3n) is 3.61. The van der Waals surface area contributed by atoms with Crippen LogP contribution in [0.25, 0.3) is 0 Å². The van der Waals surface area contributed by atoms with E-state index in [1.807, 2.05) is 0 Å². The number of halogens is 3. The third kappa shape index (κ3) is 2.68. The van der Waals surface area contributed by atoms with Gasteiger partial charge in [0.25, 0.3) is 11.6 Å². The van der Waals surface area contributed by atoms with Crippen molar-refractivity contribution < 1.29 is 28.0 Å². The van der Waals surface area contributed by atoms with E-state index in [9.17, 15) is 33.2 Å². The molecule has 1 unspecified atom stereocenters. The van der Waals surface area contributed by atoms with Crippen molar-refractivity contribution in [1.29, 1.82) is 0 Å². The monoisotopic (exact) mass is 349 g/mol. The average Bonchev–Trinajstić information content (AvgIpc) is 2.87. The number of hydrogen-bond donors (Lipinski definition) is 2. The van der Waals surface area contributed by atoms with Crippen LogP contribution in [-0.2, 0) is 11.3 Å². The van der Waals surface area contributed by atoms with E-state index in [0.717, 1.165) is 4.68 Å². The molecular formula is C12H14F3N5O4. The van der Waals surface area contributed by atoms with Gasteiger partial charge in [-0.25, -0.2) is 5.01 Å². The van der Waals surface area contributed by atoms with Gasteiger partial charge in [0.1, 0.15) is 17.9 Å². The molecule has 1 amide bonds. The highest BCUT2D eigenvalue weighted by Gasteiger charge is 2.63. The fourth-order valence-electron chi connectivity index (χ4n) is 2.47. The van der Waals surface area contributed by atoms with E-state index in [1.165, 1.54) is 13.8 Å². The van der Waals surface area contributed by atoms with E-state index in [-0.39, 0.29) is 27.8 Å². The number of aliphatic hydroxyl groups is 1. The Morgan fingerprint density at radius 1 is 1.54 bits per heavy atom. The zero-order valence-corrected chi connectivity index (χ0v) is 12.7. The summed E-state index contributed by atoms with van der Waals surface area (Å²) in [5.74, 6) is -1.17. The van der Waals surface area contributed by atoms with Crippen LogP contribution in [0.2, 0.25) is 0 Å². The molecule has 9 nitrogen and oxygen atoms in total. The summed E-state index contributed by atoms with van der Waals surface area (Å²) >= 11 is 0. The van der Waals surface area contributed by atoms with Crippen LogP contribution in [0, 0.1) is 24.0 Å². The smallest absolute Gasteiger partial charge is 0.362 e. The lowest BCUT2D eigenvalue weighted by Gasteiger charge is -2.33. The number of rotatable bonds is 3. The normalized spacial score (nSPS) is 21.1. The van der Waals surface area contributed by atoms with Crippen LogP contribution in [0.5, 0.6) is 0 Å². The molecule has 0 aliphatic carbocycles. The second-order valence-electron chi connectivity index (χ2n) is 5.37. The Kier molecular flexibility index (Phi) is 4.04. The van der Waals surface area contributed by atoms with Crippen LogP contribution in [0.4, 0.5) is 18.9 Å². The zero-order chi connectivity index (χ0) is 18.4. The topological polar surface area (TPSA) is 114 Å². The Hall–Kier alpha value is -2.63. The molecule has 1 fully saturated rings. The van der Waals surface area contributed by atoms with E-state index in [1.54, 1.807) is 0 Å². The van der Waals surface area contributed by atoms with Crippen molar-refractivity contribution in [2.24, 2.45) is 0 Å². The predicted molar refractivity (Wildman–Crippen MR) is 73.1 cm³/mol. The number of carbonyl (C=O) groups is 1. The summed E-state index contributed by atoms with van der Waals surface area (Å²) in [5, 5.41) is 24.6. The molecular weight excluding hydrogens is 335 g/mol. The van der Waals surface area contributed by atoms with Gasteiger partial charge >= 0.3 is 11.9 Å². The zero-order valence-electron chi connectivity index (χ0n) is 12.7. The van der Waals surface area contributed by atoms with Gasteiger partial charge in [-0.15, -0.1) is 0 Å². The van der Waals surface area contributed by atoms with Gasteiger partial charge in [-0.1, -0.05) is 6.58 Å². The van der Waals surface area contributed by atoms with E-state index in [2.05, 4.69) is 17.1 Å². The Morgan fingerprint density at radius 3 is 2.58 bits per heavy atom. The number of alkyl halides is 3. The number of aryl methyl sites for hydroxylation is 1.